The molecule has 0 spiro atoms. The number of nitrogen functional groups attached to an aromatic ring is 1. The van der Waals surface area contributed by atoms with Crippen LogP contribution in [0.1, 0.15) is 18.1 Å². The molecule has 0 aliphatic carbocycles. The van der Waals surface area contributed by atoms with E-state index in [9.17, 15) is 20.2 Å². The van der Waals surface area contributed by atoms with Gasteiger partial charge in [0.15, 0.2) is 0 Å². The average molecular weight is 225 g/mol. The van der Waals surface area contributed by atoms with E-state index in [4.69, 9.17) is 5.73 Å². The summed E-state index contributed by atoms with van der Waals surface area (Å²) in [6.07, 6.45) is 0.192. The molecule has 2 N–H and O–H groups in total. The van der Waals surface area contributed by atoms with Gasteiger partial charge in [-0.25, -0.2) is 0 Å². The van der Waals surface area contributed by atoms with E-state index in [1.54, 1.807) is 6.92 Å². The lowest BCUT2D eigenvalue weighted by Crippen LogP contribution is -2.05. The molecule has 0 fully saturated rings. The second-order valence-corrected chi connectivity index (χ2v) is 3.32. The number of hydrogen-bond donors (Lipinski definition) is 1. The first-order valence-electron chi connectivity index (χ1n) is 4.60. The fraction of sp³-hybridized carbons (Fsp3) is 0.333. The van der Waals surface area contributed by atoms with Gasteiger partial charge in [-0.3, -0.25) is 20.2 Å². The van der Waals surface area contributed by atoms with Crippen LogP contribution < -0.4 is 5.73 Å². The highest BCUT2D eigenvalue weighted by Gasteiger charge is 2.28. The van der Waals surface area contributed by atoms with Crippen LogP contribution in [0.15, 0.2) is 6.07 Å². The van der Waals surface area contributed by atoms with Crippen LogP contribution in [0, 0.1) is 27.2 Å². The predicted octanol–water partition coefficient (Wildman–Crippen LogP) is 1.96. The SMILES string of the molecule is CCc1c([N+](=O)[O-])cc(C)c(N)c1[N+](=O)[O-]. The molecule has 0 heterocycles. The first-order valence-corrected chi connectivity index (χ1v) is 4.60. The van der Waals surface area contributed by atoms with Crippen molar-refractivity contribution >= 4 is 17.1 Å². The largest absolute Gasteiger partial charge is 0.393 e. The van der Waals surface area contributed by atoms with Crippen LogP contribution in [0.2, 0.25) is 0 Å². The lowest BCUT2D eigenvalue weighted by molar-refractivity contribution is -0.395. The Kier molecular flexibility index (Phi) is 3.07. The average Bonchev–Trinajstić information content (AvgIpc) is 2.20. The van der Waals surface area contributed by atoms with E-state index in [-0.39, 0.29) is 29.0 Å². The molecule has 0 saturated carbocycles. The van der Waals surface area contributed by atoms with Crippen molar-refractivity contribution in [2.75, 3.05) is 5.73 Å². The second-order valence-electron chi connectivity index (χ2n) is 3.32. The van der Waals surface area contributed by atoms with Crippen LogP contribution >= 0.6 is 0 Å². The minimum absolute atomic E-state index is 0.00699. The van der Waals surface area contributed by atoms with Gasteiger partial charge < -0.3 is 5.73 Å². The molecule has 0 atom stereocenters. The van der Waals surface area contributed by atoms with Gasteiger partial charge in [0.25, 0.3) is 5.69 Å². The standard InChI is InChI=1S/C9H11N3O4/c1-3-6-7(11(13)14)4-5(2)8(10)9(6)12(15)16/h4H,3,10H2,1-2H3. The third kappa shape index (κ3) is 1.79. The summed E-state index contributed by atoms with van der Waals surface area (Å²) in [6, 6.07) is 1.27. The second kappa shape index (κ2) is 4.13. The van der Waals surface area contributed by atoms with Crippen molar-refractivity contribution in [3.8, 4) is 0 Å². The molecule has 0 aromatic heterocycles. The van der Waals surface area contributed by atoms with Gasteiger partial charge in [0.1, 0.15) is 11.3 Å². The normalized spacial score (nSPS) is 10.1. The summed E-state index contributed by atoms with van der Waals surface area (Å²) in [5, 5.41) is 21.6. The summed E-state index contributed by atoms with van der Waals surface area (Å²) < 4.78 is 0. The number of nitro benzene ring substituents is 2. The Morgan fingerprint density at radius 1 is 1.31 bits per heavy atom. The zero-order chi connectivity index (χ0) is 12.5. The molecule has 1 rings (SSSR count). The monoisotopic (exact) mass is 225 g/mol. The molecule has 1 aromatic carbocycles. The van der Waals surface area contributed by atoms with Crippen molar-refractivity contribution < 1.29 is 9.85 Å². The van der Waals surface area contributed by atoms with Gasteiger partial charge in [-0.05, 0) is 18.9 Å². The number of aryl methyl sites for hydroxylation is 1. The molecule has 86 valence electrons. The zero-order valence-corrected chi connectivity index (χ0v) is 8.89. The third-order valence-electron chi connectivity index (χ3n) is 2.36. The molecule has 0 amide bonds. The highest BCUT2D eigenvalue weighted by Crippen LogP contribution is 2.36. The van der Waals surface area contributed by atoms with Crippen LogP contribution in [0.3, 0.4) is 0 Å². The fourth-order valence-electron chi connectivity index (χ4n) is 1.56. The van der Waals surface area contributed by atoms with E-state index in [1.165, 1.54) is 13.0 Å². The molecule has 7 heteroatoms. The number of anilines is 1. The predicted molar refractivity (Wildman–Crippen MR) is 58.3 cm³/mol. The summed E-state index contributed by atoms with van der Waals surface area (Å²) in [4.78, 5) is 20.3. The van der Waals surface area contributed by atoms with Gasteiger partial charge in [-0.15, -0.1) is 0 Å². The number of benzene rings is 1. The van der Waals surface area contributed by atoms with E-state index in [0.717, 1.165) is 0 Å². The molecule has 0 aliphatic heterocycles. The lowest BCUT2D eigenvalue weighted by Gasteiger charge is -2.06. The van der Waals surface area contributed by atoms with Gasteiger partial charge in [0, 0.05) is 6.07 Å². The highest BCUT2D eigenvalue weighted by molar-refractivity contribution is 5.72. The lowest BCUT2D eigenvalue weighted by atomic mass is 10.0. The van der Waals surface area contributed by atoms with E-state index >= 15 is 0 Å². The number of rotatable bonds is 3. The van der Waals surface area contributed by atoms with Crippen LogP contribution in [0.5, 0.6) is 0 Å². The quantitative estimate of drug-likeness (QED) is 0.480. The molecule has 0 unspecified atom stereocenters. The van der Waals surface area contributed by atoms with Crippen molar-refractivity contribution in [2.24, 2.45) is 0 Å². The van der Waals surface area contributed by atoms with Crippen molar-refractivity contribution in [3.05, 3.63) is 37.4 Å². The summed E-state index contributed by atoms with van der Waals surface area (Å²) in [7, 11) is 0. The Morgan fingerprint density at radius 2 is 1.88 bits per heavy atom. The van der Waals surface area contributed by atoms with E-state index in [0.29, 0.717) is 5.56 Å². The van der Waals surface area contributed by atoms with Gasteiger partial charge in [-0.2, -0.15) is 0 Å². The Morgan fingerprint density at radius 3 is 2.25 bits per heavy atom. The first kappa shape index (κ1) is 11.9. The minimum Gasteiger partial charge on any atom is -0.393 e. The van der Waals surface area contributed by atoms with E-state index in [1.807, 2.05) is 0 Å². The zero-order valence-electron chi connectivity index (χ0n) is 8.89. The molecule has 1 aromatic rings. The molecule has 0 saturated heterocycles. The molecule has 0 bridgehead atoms. The maximum Gasteiger partial charge on any atom is 0.302 e. The number of nitrogens with zero attached hydrogens (tertiary/aromatic N) is 2. The van der Waals surface area contributed by atoms with Gasteiger partial charge in [0.05, 0.1) is 9.85 Å². The third-order valence-corrected chi connectivity index (χ3v) is 2.36. The molecule has 16 heavy (non-hydrogen) atoms. The maximum atomic E-state index is 10.8. The van der Waals surface area contributed by atoms with Crippen LogP contribution in [0.4, 0.5) is 17.1 Å². The molecule has 7 nitrogen and oxygen atoms in total. The van der Waals surface area contributed by atoms with Gasteiger partial charge in [-0.1, -0.05) is 6.92 Å². The van der Waals surface area contributed by atoms with Gasteiger partial charge in [0.2, 0.25) is 0 Å². The number of nitro groups is 2. The van der Waals surface area contributed by atoms with Crippen molar-refractivity contribution in [2.45, 2.75) is 20.3 Å². The topological polar surface area (TPSA) is 112 Å². The van der Waals surface area contributed by atoms with Crippen LogP contribution in [-0.4, -0.2) is 9.85 Å². The highest BCUT2D eigenvalue weighted by atomic mass is 16.6. The number of hydrogen-bond acceptors (Lipinski definition) is 5. The van der Waals surface area contributed by atoms with E-state index < -0.39 is 9.85 Å². The Bertz CT molecular complexity index is 470. The molecular formula is C9H11N3O4. The Labute approximate surface area is 91.2 Å². The summed E-state index contributed by atoms with van der Waals surface area (Å²) in [5.41, 5.74) is 5.37. The van der Waals surface area contributed by atoms with E-state index in [2.05, 4.69) is 0 Å². The van der Waals surface area contributed by atoms with Crippen molar-refractivity contribution in [3.63, 3.8) is 0 Å². The fourth-order valence-corrected chi connectivity index (χ4v) is 1.56. The van der Waals surface area contributed by atoms with Crippen LogP contribution in [0.25, 0.3) is 0 Å². The molecule has 0 radical (unpaired) electrons. The Hall–Kier alpha value is -2.18. The molecule has 0 aliphatic rings. The summed E-state index contributed by atoms with van der Waals surface area (Å²) >= 11 is 0. The first-order chi connectivity index (χ1) is 7.40. The van der Waals surface area contributed by atoms with Crippen LogP contribution in [-0.2, 0) is 6.42 Å². The smallest absolute Gasteiger partial charge is 0.302 e. The van der Waals surface area contributed by atoms with Gasteiger partial charge >= 0.3 is 5.69 Å². The Balaban J connectivity index is 3.68. The minimum atomic E-state index is -0.672. The summed E-state index contributed by atoms with van der Waals surface area (Å²) in [6.45, 7) is 3.12. The van der Waals surface area contributed by atoms with Crippen molar-refractivity contribution in [1.29, 1.82) is 0 Å². The maximum absolute atomic E-state index is 10.8. The number of nitrogens with two attached hydrogens (primary N) is 1. The van der Waals surface area contributed by atoms with Crippen molar-refractivity contribution in [1.82, 2.24) is 0 Å². The summed E-state index contributed by atoms with van der Waals surface area (Å²) in [5.74, 6) is 0. The molecular weight excluding hydrogens is 214 g/mol.